The highest BCUT2D eigenvalue weighted by Crippen LogP contribution is 2.38. The van der Waals surface area contributed by atoms with E-state index in [2.05, 4.69) is 38.3 Å². The Hall–Kier alpha value is -4.47. The summed E-state index contributed by atoms with van der Waals surface area (Å²) in [5.74, 6) is 0.148. The van der Waals surface area contributed by atoms with Crippen molar-refractivity contribution in [2.75, 3.05) is 49.7 Å². The first kappa shape index (κ1) is 28.1. The molecule has 1 aliphatic rings. The molecule has 4 heterocycles. The molecule has 1 aliphatic heterocycles. The molecular formula is C29H32N8O3S. The first-order valence-corrected chi connectivity index (χ1v) is 15.1. The molecule has 3 aromatic heterocycles. The van der Waals surface area contributed by atoms with Crippen LogP contribution < -0.4 is 14.5 Å². The smallest absolute Gasteiger partial charge is 0.251 e. The Morgan fingerprint density at radius 3 is 2.51 bits per heavy atom. The molecule has 0 radical (unpaired) electrons. The molecule has 1 aromatic carbocycles. The minimum Gasteiger partial charge on any atom is -0.349 e. The van der Waals surface area contributed by atoms with E-state index >= 15 is 0 Å². The van der Waals surface area contributed by atoms with Gasteiger partial charge in [0.1, 0.15) is 11.7 Å². The number of amides is 1. The quantitative estimate of drug-likeness (QED) is 0.343. The maximum absolute atomic E-state index is 12.8. The number of likely N-dealkylation sites (tertiary alicyclic amines) is 1. The average molecular weight is 573 g/mol. The number of nitrogens with one attached hydrogen (secondary N) is 2. The van der Waals surface area contributed by atoms with Crippen LogP contribution in [0, 0.1) is 11.3 Å². The van der Waals surface area contributed by atoms with Crippen LogP contribution in [0.1, 0.15) is 28.8 Å². The van der Waals surface area contributed by atoms with Gasteiger partial charge in [0.15, 0.2) is 5.82 Å². The van der Waals surface area contributed by atoms with Crippen LogP contribution in [0.2, 0.25) is 0 Å². The van der Waals surface area contributed by atoms with Crippen molar-refractivity contribution in [2.45, 2.75) is 18.9 Å². The fourth-order valence-corrected chi connectivity index (χ4v) is 5.51. The fraction of sp³-hybridized carbons (Fsp3) is 0.310. The Morgan fingerprint density at radius 2 is 1.85 bits per heavy atom. The molecule has 0 spiro atoms. The number of aromatic nitrogens is 3. The maximum atomic E-state index is 12.8. The number of H-pyrrole nitrogens is 1. The van der Waals surface area contributed by atoms with Crippen LogP contribution in [0.15, 0.2) is 54.9 Å². The molecule has 0 unspecified atom stereocenters. The van der Waals surface area contributed by atoms with Crippen LogP contribution in [0.3, 0.4) is 0 Å². The number of rotatable bonds is 7. The lowest BCUT2D eigenvalue weighted by Crippen LogP contribution is -2.43. The zero-order valence-electron chi connectivity index (χ0n) is 23.4. The van der Waals surface area contributed by atoms with E-state index in [-0.39, 0.29) is 17.8 Å². The summed E-state index contributed by atoms with van der Waals surface area (Å²) >= 11 is 0. The number of carbonyl (C=O) groups is 1. The van der Waals surface area contributed by atoms with Gasteiger partial charge < -0.3 is 20.1 Å². The van der Waals surface area contributed by atoms with Crippen molar-refractivity contribution >= 4 is 44.2 Å². The lowest BCUT2D eigenvalue weighted by Gasteiger charge is -2.29. The topological polar surface area (TPSA) is 138 Å². The molecule has 0 aliphatic carbocycles. The summed E-state index contributed by atoms with van der Waals surface area (Å²) < 4.78 is 25.7. The molecule has 11 nitrogen and oxygen atoms in total. The Kier molecular flexibility index (Phi) is 7.66. The van der Waals surface area contributed by atoms with Crippen LogP contribution in [0.4, 0.5) is 17.2 Å². The Labute approximate surface area is 239 Å². The van der Waals surface area contributed by atoms with Gasteiger partial charge in [-0.15, -0.1) is 0 Å². The second-order valence-electron chi connectivity index (χ2n) is 10.3. The van der Waals surface area contributed by atoms with Gasteiger partial charge in [-0.05, 0) is 68.9 Å². The number of piperidine rings is 1. The van der Waals surface area contributed by atoms with Gasteiger partial charge in [0.05, 0.1) is 23.2 Å². The molecule has 0 bridgehead atoms. The maximum Gasteiger partial charge on any atom is 0.251 e. The molecular weight excluding hydrogens is 540 g/mol. The summed E-state index contributed by atoms with van der Waals surface area (Å²) in [6.45, 7) is 1.94. The number of benzene rings is 1. The monoisotopic (exact) mass is 572 g/mol. The van der Waals surface area contributed by atoms with E-state index in [1.165, 1.54) is 19.4 Å². The number of hydrogen-bond donors (Lipinski definition) is 2. The van der Waals surface area contributed by atoms with Crippen molar-refractivity contribution in [2.24, 2.45) is 0 Å². The molecule has 1 saturated heterocycles. The number of fused-ring (bicyclic) bond motifs is 1. The van der Waals surface area contributed by atoms with Crippen LogP contribution in [-0.4, -0.2) is 80.7 Å². The third kappa shape index (κ3) is 5.73. The Bertz CT molecular complexity index is 1740. The summed E-state index contributed by atoms with van der Waals surface area (Å²) in [5, 5.41) is 13.8. The number of hydrogen-bond acceptors (Lipinski definition) is 8. The zero-order valence-corrected chi connectivity index (χ0v) is 24.2. The van der Waals surface area contributed by atoms with Gasteiger partial charge in [-0.2, -0.15) is 5.26 Å². The third-order valence-corrected chi connectivity index (χ3v) is 8.69. The summed E-state index contributed by atoms with van der Waals surface area (Å²) in [5.41, 5.74) is 4.16. The van der Waals surface area contributed by atoms with E-state index in [0.717, 1.165) is 47.7 Å². The minimum atomic E-state index is -3.57. The van der Waals surface area contributed by atoms with Gasteiger partial charge in [0.2, 0.25) is 10.0 Å². The number of aromatic amines is 1. The van der Waals surface area contributed by atoms with Crippen molar-refractivity contribution in [3.05, 3.63) is 66.0 Å². The van der Waals surface area contributed by atoms with Crippen molar-refractivity contribution in [3.63, 3.8) is 0 Å². The number of nitrogens with zero attached hydrogens (tertiary/aromatic N) is 6. The van der Waals surface area contributed by atoms with Gasteiger partial charge in [-0.25, -0.2) is 18.4 Å². The van der Waals surface area contributed by atoms with Gasteiger partial charge >= 0.3 is 0 Å². The standard InChI is InChI=1S/C29H32N8O3S/c1-35-14-11-22(12-15-35)33-29(38)20-9-7-19(8-10-20)24-16-23-26(21(17-30)18-32-27(23)34-24)36(2)25-6-5-13-31-28(25)37(3)41(4,39)40/h5-10,13,16,18,22H,11-12,14-15H2,1-4H3,(H,32,34)(H,33,38). The summed E-state index contributed by atoms with van der Waals surface area (Å²) in [7, 11) is 1.71. The molecule has 2 N–H and O–H groups in total. The Morgan fingerprint density at radius 1 is 1.15 bits per heavy atom. The molecule has 12 heteroatoms. The van der Waals surface area contributed by atoms with E-state index in [4.69, 9.17) is 0 Å². The van der Waals surface area contributed by atoms with Gasteiger partial charge in [-0.3, -0.25) is 9.10 Å². The molecule has 4 aromatic rings. The van der Waals surface area contributed by atoms with Crippen LogP contribution >= 0.6 is 0 Å². The van der Waals surface area contributed by atoms with Gasteiger partial charge in [0, 0.05) is 49.2 Å². The van der Waals surface area contributed by atoms with Crippen LogP contribution in [-0.2, 0) is 10.0 Å². The van der Waals surface area contributed by atoms with E-state index < -0.39 is 10.0 Å². The first-order valence-electron chi connectivity index (χ1n) is 13.2. The third-order valence-electron chi connectivity index (χ3n) is 7.52. The second kappa shape index (κ2) is 11.2. The van der Waals surface area contributed by atoms with Crippen molar-refractivity contribution in [3.8, 4) is 17.3 Å². The number of nitriles is 1. The summed E-state index contributed by atoms with van der Waals surface area (Å²) in [4.78, 5) is 28.9. The number of sulfonamides is 1. The molecule has 212 valence electrons. The van der Waals surface area contributed by atoms with Gasteiger partial charge in [-0.1, -0.05) is 12.1 Å². The lowest BCUT2D eigenvalue weighted by atomic mass is 10.0. The van der Waals surface area contributed by atoms with Crippen molar-refractivity contribution < 1.29 is 13.2 Å². The Balaban J connectivity index is 1.47. The summed E-state index contributed by atoms with van der Waals surface area (Å²) in [6.07, 6.45) is 6.00. The molecule has 0 saturated carbocycles. The molecule has 0 atom stereocenters. The minimum absolute atomic E-state index is 0.0849. The SMILES string of the molecule is CN1CCC(NC(=O)c2ccc(-c3cc4c(N(C)c5cccnc5N(C)S(C)(=O)=O)c(C#N)cnc4[nH]3)cc2)CC1. The van der Waals surface area contributed by atoms with Crippen LogP contribution in [0.25, 0.3) is 22.3 Å². The zero-order chi connectivity index (χ0) is 29.3. The molecule has 41 heavy (non-hydrogen) atoms. The predicted molar refractivity (Wildman–Crippen MR) is 160 cm³/mol. The highest BCUT2D eigenvalue weighted by Gasteiger charge is 2.24. The normalized spacial score (nSPS) is 14.5. The second-order valence-corrected chi connectivity index (χ2v) is 12.4. The van der Waals surface area contributed by atoms with Crippen molar-refractivity contribution in [1.29, 1.82) is 5.26 Å². The fourth-order valence-electron chi connectivity index (χ4n) is 5.05. The molecule has 1 amide bonds. The predicted octanol–water partition coefficient (Wildman–Crippen LogP) is 3.48. The highest BCUT2D eigenvalue weighted by molar-refractivity contribution is 7.92. The number of pyridine rings is 2. The molecule has 1 fully saturated rings. The van der Waals surface area contributed by atoms with E-state index in [0.29, 0.717) is 33.5 Å². The molecule has 5 rings (SSSR count). The highest BCUT2D eigenvalue weighted by atomic mass is 32.2. The van der Waals surface area contributed by atoms with E-state index in [1.807, 2.05) is 18.2 Å². The number of anilines is 3. The van der Waals surface area contributed by atoms with E-state index in [9.17, 15) is 18.5 Å². The van der Waals surface area contributed by atoms with Crippen LogP contribution in [0.5, 0.6) is 0 Å². The number of carbonyl (C=O) groups excluding carboxylic acids is 1. The van der Waals surface area contributed by atoms with Gasteiger partial charge in [0.25, 0.3) is 5.91 Å². The van der Waals surface area contributed by atoms with Crippen molar-refractivity contribution in [1.82, 2.24) is 25.2 Å². The summed E-state index contributed by atoms with van der Waals surface area (Å²) in [6, 6.07) is 15.1. The van der Waals surface area contributed by atoms with E-state index in [1.54, 1.807) is 36.2 Å². The lowest BCUT2D eigenvalue weighted by molar-refractivity contribution is 0.0917. The largest absolute Gasteiger partial charge is 0.349 e. The average Bonchev–Trinajstić information content (AvgIpc) is 3.41. The first-order chi connectivity index (χ1) is 19.6.